The second kappa shape index (κ2) is 5.90. The smallest absolute Gasteiger partial charge is 0.149 e. The third-order valence-electron chi connectivity index (χ3n) is 3.62. The summed E-state index contributed by atoms with van der Waals surface area (Å²) in [5.74, 6) is 1.22. The Balaban J connectivity index is 1.77. The summed E-state index contributed by atoms with van der Waals surface area (Å²) in [7, 11) is 0. The van der Waals surface area contributed by atoms with E-state index in [1.165, 1.54) is 12.1 Å². The van der Waals surface area contributed by atoms with E-state index in [4.69, 9.17) is 15.7 Å². The Hall–Kier alpha value is -2.81. The standard InChI is InChI=1S/C16H15FN4O/c17-14-7-12(1-2-15(14)19)22-13-3-5-20-16(8-13)21-6-4-11(9-18)10-21/h1-3,5,7-8,11H,4,6,10,19H2. The maximum absolute atomic E-state index is 13.4. The second-order valence-electron chi connectivity index (χ2n) is 5.20. The molecule has 1 aromatic heterocycles. The summed E-state index contributed by atoms with van der Waals surface area (Å²) in [6.07, 6.45) is 2.48. The summed E-state index contributed by atoms with van der Waals surface area (Å²) >= 11 is 0. The molecule has 0 bridgehead atoms. The van der Waals surface area contributed by atoms with Crippen molar-refractivity contribution in [3.63, 3.8) is 0 Å². The molecule has 5 nitrogen and oxygen atoms in total. The number of pyridine rings is 1. The molecule has 1 aromatic carbocycles. The van der Waals surface area contributed by atoms with Crippen LogP contribution in [0.4, 0.5) is 15.9 Å². The van der Waals surface area contributed by atoms with Crippen molar-refractivity contribution < 1.29 is 9.13 Å². The number of ether oxygens (including phenoxy) is 1. The highest BCUT2D eigenvalue weighted by molar-refractivity contribution is 5.48. The SMILES string of the molecule is N#CC1CCN(c2cc(Oc3ccc(N)c(F)c3)ccn2)C1. The van der Waals surface area contributed by atoms with Crippen LogP contribution in [0.15, 0.2) is 36.5 Å². The zero-order valence-corrected chi connectivity index (χ0v) is 11.9. The van der Waals surface area contributed by atoms with Crippen LogP contribution < -0.4 is 15.4 Å². The first-order valence-electron chi connectivity index (χ1n) is 6.99. The number of nitriles is 1. The summed E-state index contributed by atoms with van der Waals surface area (Å²) in [6, 6.07) is 10.1. The molecule has 1 saturated heterocycles. The van der Waals surface area contributed by atoms with Crippen LogP contribution in [-0.2, 0) is 0 Å². The molecule has 1 atom stereocenters. The number of nitrogens with two attached hydrogens (primary N) is 1. The predicted octanol–water partition coefficient (Wildman–Crippen LogP) is 2.95. The van der Waals surface area contributed by atoms with Crippen molar-refractivity contribution in [1.29, 1.82) is 5.26 Å². The molecule has 2 aromatic rings. The number of nitrogen functional groups attached to an aromatic ring is 1. The Morgan fingerprint density at radius 2 is 2.14 bits per heavy atom. The summed E-state index contributed by atoms with van der Waals surface area (Å²) in [5.41, 5.74) is 5.53. The fourth-order valence-corrected chi connectivity index (χ4v) is 2.42. The van der Waals surface area contributed by atoms with Gasteiger partial charge >= 0.3 is 0 Å². The van der Waals surface area contributed by atoms with E-state index < -0.39 is 5.82 Å². The molecular weight excluding hydrogens is 283 g/mol. The largest absolute Gasteiger partial charge is 0.457 e. The minimum Gasteiger partial charge on any atom is -0.457 e. The van der Waals surface area contributed by atoms with Crippen molar-refractivity contribution in [3.8, 4) is 17.6 Å². The van der Waals surface area contributed by atoms with Gasteiger partial charge in [0.05, 0.1) is 17.7 Å². The Morgan fingerprint density at radius 3 is 2.86 bits per heavy atom. The van der Waals surface area contributed by atoms with E-state index in [-0.39, 0.29) is 11.6 Å². The van der Waals surface area contributed by atoms with Crippen LogP contribution in [0.3, 0.4) is 0 Å². The molecule has 1 unspecified atom stereocenters. The third kappa shape index (κ3) is 2.93. The van der Waals surface area contributed by atoms with Crippen molar-refractivity contribution in [2.75, 3.05) is 23.7 Å². The van der Waals surface area contributed by atoms with Crippen LogP contribution in [0.5, 0.6) is 11.5 Å². The molecular formula is C16H15FN4O. The van der Waals surface area contributed by atoms with Crippen molar-refractivity contribution in [3.05, 3.63) is 42.3 Å². The first kappa shape index (κ1) is 14.1. The highest BCUT2D eigenvalue weighted by atomic mass is 19.1. The zero-order chi connectivity index (χ0) is 15.5. The molecule has 1 aliphatic heterocycles. The van der Waals surface area contributed by atoms with Crippen LogP contribution in [0.25, 0.3) is 0 Å². The van der Waals surface area contributed by atoms with Gasteiger partial charge in [-0.3, -0.25) is 0 Å². The maximum Gasteiger partial charge on any atom is 0.149 e. The molecule has 2 N–H and O–H groups in total. The average Bonchev–Trinajstić information content (AvgIpc) is 3.00. The van der Waals surface area contributed by atoms with Gasteiger partial charge in [0.1, 0.15) is 23.1 Å². The van der Waals surface area contributed by atoms with E-state index in [0.717, 1.165) is 18.8 Å². The number of hydrogen-bond donors (Lipinski definition) is 1. The number of hydrogen-bond acceptors (Lipinski definition) is 5. The molecule has 112 valence electrons. The molecule has 1 fully saturated rings. The summed E-state index contributed by atoms with van der Waals surface area (Å²) in [4.78, 5) is 6.35. The number of benzene rings is 1. The van der Waals surface area contributed by atoms with Gasteiger partial charge in [0.2, 0.25) is 0 Å². The van der Waals surface area contributed by atoms with Gasteiger partial charge in [0.25, 0.3) is 0 Å². The van der Waals surface area contributed by atoms with Crippen molar-refractivity contribution in [2.24, 2.45) is 5.92 Å². The predicted molar refractivity (Wildman–Crippen MR) is 81.1 cm³/mol. The topological polar surface area (TPSA) is 75.2 Å². The van der Waals surface area contributed by atoms with Crippen LogP contribution in [0.2, 0.25) is 0 Å². The molecule has 1 aliphatic rings. The zero-order valence-electron chi connectivity index (χ0n) is 11.9. The summed E-state index contributed by atoms with van der Waals surface area (Å²) in [5, 5.41) is 8.96. The lowest BCUT2D eigenvalue weighted by Gasteiger charge is -2.17. The average molecular weight is 298 g/mol. The molecule has 0 saturated carbocycles. The summed E-state index contributed by atoms with van der Waals surface area (Å²) in [6.45, 7) is 1.47. The number of nitrogens with zero attached hydrogens (tertiary/aromatic N) is 3. The number of aromatic nitrogens is 1. The van der Waals surface area contributed by atoms with Crippen LogP contribution in [0.1, 0.15) is 6.42 Å². The maximum atomic E-state index is 13.4. The molecule has 0 spiro atoms. The van der Waals surface area contributed by atoms with E-state index in [1.54, 1.807) is 24.4 Å². The fraction of sp³-hybridized carbons (Fsp3) is 0.250. The van der Waals surface area contributed by atoms with Gasteiger partial charge in [-0.25, -0.2) is 9.37 Å². The van der Waals surface area contributed by atoms with Gasteiger partial charge in [-0.05, 0) is 24.6 Å². The minimum atomic E-state index is -0.511. The Labute approximate surface area is 127 Å². The van der Waals surface area contributed by atoms with E-state index in [1.807, 2.05) is 4.90 Å². The number of anilines is 2. The lowest BCUT2D eigenvalue weighted by atomic mass is 10.1. The highest BCUT2D eigenvalue weighted by Gasteiger charge is 2.23. The quantitative estimate of drug-likeness (QED) is 0.882. The fourth-order valence-electron chi connectivity index (χ4n) is 2.42. The van der Waals surface area contributed by atoms with Crippen molar-refractivity contribution in [1.82, 2.24) is 4.98 Å². The minimum absolute atomic E-state index is 0.0394. The van der Waals surface area contributed by atoms with Gasteiger partial charge in [-0.2, -0.15) is 5.26 Å². The van der Waals surface area contributed by atoms with Crippen molar-refractivity contribution in [2.45, 2.75) is 6.42 Å². The van der Waals surface area contributed by atoms with Crippen LogP contribution in [-0.4, -0.2) is 18.1 Å². The van der Waals surface area contributed by atoms with Crippen LogP contribution in [0, 0.1) is 23.1 Å². The first-order chi connectivity index (χ1) is 10.7. The monoisotopic (exact) mass is 298 g/mol. The van der Waals surface area contributed by atoms with Gasteiger partial charge in [-0.15, -0.1) is 0 Å². The van der Waals surface area contributed by atoms with E-state index in [0.29, 0.717) is 18.0 Å². The normalized spacial score (nSPS) is 17.3. The van der Waals surface area contributed by atoms with Crippen molar-refractivity contribution >= 4 is 11.5 Å². The highest BCUT2D eigenvalue weighted by Crippen LogP contribution is 2.28. The molecule has 3 rings (SSSR count). The second-order valence-corrected chi connectivity index (χ2v) is 5.20. The van der Waals surface area contributed by atoms with Gasteiger partial charge in [-0.1, -0.05) is 0 Å². The van der Waals surface area contributed by atoms with Gasteiger partial charge in [0.15, 0.2) is 0 Å². The third-order valence-corrected chi connectivity index (χ3v) is 3.62. The molecule has 0 aliphatic carbocycles. The van der Waals surface area contributed by atoms with E-state index in [2.05, 4.69) is 11.1 Å². The Morgan fingerprint density at radius 1 is 1.32 bits per heavy atom. The Bertz CT molecular complexity index is 728. The van der Waals surface area contributed by atoms with Gasteiger partial charge in [0, 0.05) is 31.4 Å². The lowest BCUT2D eigenvalue weighted by Crippen LogP contribution is -2.20. The van der Waals surface area contributed by atoms with E-state index in [9.17, 15) is 4.39 Å². The molecule has 0 amide bonds. The molecule has 6 heteroatoms. The first-order valence-corrected chi connectivity index (χ1v) is 6.99. The van der Waals surface area contributed by atoms with Crippen LogP contribution >= 0.6 is 0 Å². The Kier molecular flexibility index (Phi) is 3.79. The lowest BCUT2D eigenvalue weighted by molar-refractivity contribution is 0.476. The summed E-state index contributed by atoms with van der Waals surface area (Å²) < 4.78 is 19.1. The number of rotatable bonds is 3. The molecule has 2 heterocycles. The van der Waals surface area contributed by atoms with E-state index >= 15 is 0 Å². The van der Waals surface area contributed by atoms with Gasteiger partial charge < -0.3 is 15.4 Å². The molecule has 0 radical (unpaired) electrons. The number of halogens is 1. The molecule has 22 heavy (non-hydrogen) atoms.